The third kappa shape index (κ3) is 3.48. The second-order valence-corrected chi connectivity index (χ2v) is 9.37. The van der Waals surface area contributed by atoms with Crippen LogP contribution in [0.15, 0.2) is 40.8 Å². The minimum Gasteiger partial charge on any atom is -0.497 e. The van der Waals surface area contributed by atoms with Crippen LogP contribution < -0.4 is 18.9 Å². The van der Waals surface area contributed by atoms with Crippen molar-refractivity contribution in [2.45, 2.75) is 0 Å². The van der Waals surface area contributed by atoms with Crippen LogP contribution in [0.25, 0.3) is 32.0 Å². The molecule has 2 aromatic heterocycles. The molecule has 0 atom stereocenters. The molecule has 8 heteroatoms. The molecule has 5 nitrogen and oxygen atoms in total. The Labute approximate surface area is 181 Å². The van der Waals surface area contributed by atoms with Gasteiger partial charge in [0.05, 0.1) is 49.0 Å². The Morgan fingerprint density at radius 1 is 0.690 bits per heavy atom. The Bertz CT molecular complexity index is 1140. The first-order valence-electron chi connectivity index (χ1n) is 8.62. The summed E-state index contributed by atoms with van der Waals surface area (Å²) in [5, 5.41) is 0. The van der Waals surface area contributed by atoms with E-state index in [1.165, 1.54) is 0 Å². The molecule has 4 rings (SSSR count). The van der Waals surface area contributed by atoms with Gasteiger partial charge in [0.1, 0.15) is 23.0 Å². The lowest BCUT2D eigenvalue weighted by Gasteiger charge is -2.10. The highest BCUT2D eigenvalue weighted by Gasteiger charge is 2.25. The summed E-state index contributed by atoms with van der Waals surface area (Å²) >= 11 is 7.73. The van der Waals surface area contributed by atoms with Crippen molar-refractivity contribution in [3.05, 3.63) is 39.5 Å². The van der Waals surface area contributed by atoms with Gasteiger partial charge < -0.3 is 23.4 Å². The summed E-state index contributed by atoms with van der Waals surface area (Å²) in [6.45, 7) is 0. The molecule has 2 aromatic carbocycles. The molecule has 0 aliphatic carbocycles. The van der Waals surface area contributed by atoms with Crippen LogP contribution in [0, 0.1) is 3.14 Å². The normalized spacial score (nSPS) is 10.9. The first-order valence-corrected chi connectivity index (χ1v) is 10.7. The van der Waals surface area contributed by atoms with Crippen molar-refractivity contribution in [2.75, 3.05) is 28.4 Å². The van der Waals surface area contributed by atoms with Crippen molar-refractivity contribution in [2.24, 2.45) is 0 Å². The molecular weight excluding hydrogens is 428 g/mol. The average molecular weight is 448 g/mol. The summed E-state index contributed by atoms with van der Waals surface area (Å²) in [5.74, 6) is 4.24. The van der Waals surface area contributed by atoms with Gasteiger partial charge in [-0.2, -0.15) is 0 Å². The van der Waals surface area contributed by atoms with E-state index in [0.29, 0.717) is 23.0 Å². The van der Waals surface area contributed by atoms with Gasteiger partial charge in [-0.15, -0.1) is 0 Å². The summed E-state index contributed by atoms with van der Waals surface area (Å²) in [4.78, 5) is 0. The fraction of sp³-hybridized carbons (Fsp3) is 0.190. The maximum Gasteiger partial charge on any atom is 0.332 e. The van der Waals surface area contributed by atoms with Crippen LogP contribution in [0.5, 0.6) is 23.0 Å². The summed E-state index contributed by atoms with van der Waals surface area (Å²) in [6.07, 6.45) is 0. The van der Waals surface area contributed by atoms with Gasteiger partial charge in [-0.25, -0.2) is 0 Å². The average Bonchev–Trinajstić information content (AvgIpc) is 3.30. The summed E-state index contributed by atoms with van der Waals surface area (Å²) in [5.41, 5.74) is 1.69. The number of methoxy groups -OCH3 is 4. The highest BCUT2D eigenvalue weighted by atomic mass is 32.2. The minimum absolute atomic E-state index is 0.673. The van der Waals surface area contributed by atoms with Crippen LogP contribution in [0.2, 0.25) is 0 Å². The standard InChI is InChI=1S/C21H18O5S3/c1-22-11-5-7-13(15(9-11)24-3)17-19-20(29-21(27)28-19)18(26-17)14-8-6-12(23-2)10-16(14)25-4/h5-10H,1-4H3/p+1. The molecule has 0 fully saturated rings. The molecule has 0 radical (unpaired) electrons. The number of fused-ring (bicyclic) bond motifs is 1. The molecule has 0 aliphatic heterocycles. The van der Waals surface area contributed by atoms with Crippen LogP contribution in [0.1, 0.15) is 0 Å². The summed E-state index contributed by atoms with van der Waals surface area (Å²) < 4.78 is 31.2. The largest absolute Gasteiger partial charge is 0.497 e. The Balaban J connectivity index is 1.98. The van der Waals surface area contributed by atoms with Gasteiger partial charge in [0.25, 0.3) is 0 Å². The molecule has 150 valence electrons. The van der Waals surface area contributed by atoms with Crippen LogP contribution in [-0.4, -0.2) is 28.4 Å². The number of furan rings is 1. The second kappa shape index (κ2) is 8.06. The quantitative estimate of drug-likeness (QED) is 0.214. The van der Waals surface area contributed by atoms with Crippen LogP contribution >= 0.6 is 22.7 Å². The van der Waals surface area contributed by atoms with E-state index >= 15 is 0 Å². The molecule has 0 aliphatic rings. The van der Waals surface area contributed by atoms with Gasteiger partial charge in [-0.05, 0) is 24.3 Å². The Kier molecular flexibility index (Phi) is 5.49. The monoisotopic (exact) mass is 447 g/mol. The van der Waals surface area contributed by atoms with E-state index in [-0.39, 0.29) is 0 Å². The van der Waals surface area contributed by atoms with E-state index in [1.807, 2.05) is 36.4 Å². The maximum atomic E-state index is 6.41. The second-order valence-electron chi connectivity index (χ2n) is 6.02. The van der Waals surface area contributed by atoms with E-state index in [4.69, 9.17) is 23.4 Å². The number of benzene rings is 2. The summed E-state index contributed by atoms with van der Waals surface area (Å²) in [7, 11) is 6.52. The summed E-state index contributed by atoms with van der Waals surface area (Å²) in [6, 6.07) is 11.3. The molecule has 0 spiro atoms. The van der Waals surface area contributed by atoms with Gasteiger partial charge in [-0.3, -0.25) is 0 Å². The Morgan fingerprint density at radius 3 is 1.52 bits per heavy atom. The third-order valence-corrected chi connectivity index (χ3v) is 7.22. The van der Waals surface area contributed by atoms with Crippen molar-refractivity contribution in [3.8, 4) is 45.6 Å². The molecule has 0 saturated carbocycles. The van der Waals surface area contributed by atoms with E-state index in [9.17, 15) is 0 Å². The zero-order valence-electron chi connectivity index (χ0n) is 16.3. The molecule has 0 saturated heterocycles. The van der Waals surface area contributed by atoms with Crippen LogP contribution in [0.3, 0.4) is 0 Å². The van der Waals surface area contributed by atoms with Gasteiger partial charge in [0, 0.05) is 12.1 Å². The van der Waals surface area contributed by atoms with Gasteiger partial charge in [0.2, 0.25) is 0 Å². The van der Waals surface area contributed by atoms with E-state index in [2.05, 4.69) is 12.2 Å². The first-order chi connectivity index (χ1) is 14.1. The molecule has 0 unspecified atom stereocenters. The number of ether oxygens (including phenoxy) is 4. The van der Waals surface area contributed by atoms with Crippen molar-refractivity contribution >= 4 is 44.3 Å². The van der Waals surface area contributed by atoms with E-state index in [1.54, 1.807) is 51.1 Å². The fourth-order valence-electron chi connectivity index (χ4n) is 3.11. The zero-order valence-corrected chi connectivity index (χ0v) is 18.8. The fourth-order valence-corrected chi connectivity index (χ4v) is 5.78. The minimum atomic E-state index is 0.673. The molecule has 2 heterocycles. The number of thiol groups is 1. The van der Waals surface area contributed by atoms with Crippen molar-refractivity contribution in [1.29, 1.82) is 0 Å². The highest BCUT2D eigenvalue weighted by Crippen LogP contribution is 2.49. The van der Waals surface area contributed by atoms with Crippen LogP contribution in [0.4, 0.5) is 0 Å². The van der Waals surface area contributed by atoms with E-state index in [0.717, 1.165) is 35.2 Å². The maximum absolute atomic E-state index is 6.41. The third-order valence-electron chi connectivity index (χ3n) is 4.51. The van der Waals surface area contributed by atoms with Gasteiger partial charge in [0.15, 0.2) is 23.7 Å². The first kappa shape index (κ1) is 19.8. The number of hydrogen-bond donors (Lipinski definition) is 0. The molecule has 0 N–H and O–H groups in total. The Morgan fingerprint density at radius 2 is 1.14 bits per heavy atom. The smallest absolute Gasteiger partial charge is 0.332 e. The predicted molar refractivity (Wildman–Crippen MR) is 121 cm³/mol. The number of hydrogen-bond acceptors (Lipinski definition) is 7. The molecule has 0 amide bonds. The van der Waals surface area contributed by atoms with Gasteiger partial charge >= 0.3 is 3.14 Å². The molecule has 0 bridgehead atoms. The van der Waals surface area contributed by atoms with Gasteiger partial charge in [-0.1, -0.05) is 22.7 Å². The lowest BCUT2D eigenvalue weighted by Crippen LogP contribution is -1.90. The van der Waals surface area contributed by atoms with Crippen LogP contribution in [-0.2, 0) is 12.2 Å². The lowest BCUT2D eigenvalue weighted by atomic mass is 10.1. The van der Waals surface area contributed by atoms with E-state index < -0.39 is 0 Å². The van der Waals surface area contributed by atoms with Crippen molar-refractivity contribution < 1.29 is 23.4 Å². The molecule has 4 aromatic rings. The SMILES string of the molecule is COc1ccc(-c2oc(-c3ccc(OC)cc3OC)c3sc(=[SH+])sc23)c(OC)c1. The molecular formula is C21H19O5S3+. The highest BCUT2D eigenvalue weighted by molar-refractivity contribution is 7.60. The molecule has 29 heavy (non-hydrogen) atoms. The van der Waals surface area contributed by atoms with Crippen molar-refractivity contribution in [3.63, 3.8) is 0 Å². The predicted octanol–water partition coefficient (Wildman–Crippen LogP) is 5.74. The number of rotatable bonds is 6. The Hall–Kier alpha value is -2.55. The van der Waals surface area contributed by atoms with Crippen molar-refractivity contribution in [1.82, 2.24) is 0 Å². The lowest BCUT2D eigenvalue weighted by molar-refractivity contribution is 0.394. The topological polar surface area (TPSA) is 50.1 Å². The zero-order chi connectivity index (χ0) is 20.5.